The Labute approximate surface area is 143 Å². The first-order valence-electron chi connectivity index (χ1n) is 6.87. The number of amides is 1. The average molecular weight is 377 g/mol. The number of halogens is 1. The van der Waals surface area contributed by atoms with Crippen LogP contribution in [0.4, 0.5) is 0 Å². The van der Waals surface area contributed by atoms with Gasteiger partial charge in [0.25, 0.3) is 5.91 Å². The number of carbonyl (C=O) groups excluding carboxylic acids is 1. The van der Waals surface area contributed by atoms with Crippen LogP contribution in [0.25, 0.3) is 0 Å². The quantitative estimate of drug-likeness (QED) is 0.477. The van der Waals surface area contributed by atoms with Crippen LogP contribution in [0.2, 0.25) is 0 Å². The molecule has 0 saturated carbocycles. The molecule has 1 amide bonds. The molecule has 0 spiro atoms. The largest absolute Gasteiger partial charge is 0.272 e. The Morgan fingerprint density at radius 3 is 2.59 bits per heavy atom. The van der Waals surface area contributed by atoms with Crippen LogP contribution in [0.15, 0.2) is 63.0 Å². The van der Waals surface area contributed by atoms with Gasteiger partial charge in [0.05, 0.1) is 11.5 Å². The van der Waals surface area contributed by atoms with Crippen LogP contribution < -0.4 is 5.43 Å². The molecule has 0 bridgehead atoms. The van der Waals surface area contributed by atoms with Crippen molar-refractivity contribution in [2.24, 2.45) is 5.10 Å². The van der Waals surface area contributed by atoms with E-state index in [9.17, 15) is 4.79 Å². The van der Waals surface area contributed by atoms with Crippen LogP contribution in [0, 0.1) is 6.92 Å². The van der Waals surface area contributed by atoms with Gasteiger partial charge in [0.2, 0.25) is 0 Å². The highest BCUT2D eigenvalue weighted by Gasteiger charge is 2.13. The minimum absolute atomic E-state index is 0.117. The molecule has 2 aromatic carbocycles. The minimum atomic E-state index is -0.209. The predicted molar refractivity (Wildman–Crippen MR) is 96.4 cm³/mol. The number of carbonyl (C=O) groups is 1. The molecular weight excluding hydrogens is 360 g/mol. The second-order valence-corrected chi connectivity index (χ2v) is 7.10. The molecule has 0 radical (unpaired) electrons. The Balaban J connectivity index is 1.89. The van der Waals surface area contributed by atoms with Crippen LogP contribution >= 0.6 is 27.7 Å². The molecule has 0 aliphatic carbocycles. The summed E-state index contributed by atoms with van der Waals surface area (Å²) in [5, 5.41) is 3.80. The highest BCUT2D eigenvalue weighted by Crippen LogP contribution is 2.23. The van der Waals surface area contributed by atoms with Crippen LogP contribution in [-0.2, 0) is 4.79 Å². The van der Waals surface area contributed by atoms with Crippen molar-refractivity contribution < 1.29 is 4.79 Å². The molecule has 2 aromatic rings. The lowest BCUT2D eigenvalue weighted by atomic mass is 10.2. The summed E-state index contributed by atoms with van der Waals surface area (Å²) < 4.78 is 0.940. The van der Waals surface area contributed by atoms with Crippen LogP contribution in [0.5, 0.6) is 0 Å². The molecule has 2 rings (SSSR count). The van der Waals surface area contributed by atoms with Crippen molar-refractivity contribution in [3.8, 4) is 0 Å². The van der Waals surface area contributed by atoms with Gasteiger partial charge in [0, 0.05) is 14.9 Å². The molecule has 0 aromatic heterocycles. The van der Waals surface area contributed by atoms with Gasteiger partial charge in [-0.2, -0.15) is 5.10 Å². The van der Waals surface area contributed by atoms with Crippen LogP contribution in [-0.4, -0.2) is 17.4 Å². The molecular formula is C17H17BrN2OS. The fourth-order valence-corrected chi connectivity index (χ4v) is 2.96. The van der Waals surface area contributed by atoms with Crippen molar-refractivity contribution in [2.45, 2.75) is 24.0 Å². The standard InChI is InChI=1S/C17H17BrN2OS/c1-12-7-9-15(10-8-12)22-13(2)17(21)20-19-11-14-5-3-4-6-16(14)18/h3-11,13H,1-2H3,(H,20,21)/b19-11-/t13-/m0/s1. The maximum Gasteiger partial charge on any atom is 0.253 e. The van der Waals surface area contributed by atoms with Gasteiger partial charge in [0.15, 0.2) is 0 Å². The van der Waals surface area contributed by atoms with Gasteiger partial charge >= 0.3 is 0 Å². The number of hydrogen-bond acceptors (Lipinski definition) is 3. The summed E-state index contributed by atoms with van der Waals surface area (Å²) in [7, 11) is 0. The van der Waals surface area contributed by atoms with Crippen LogP contribution in [0.3, 0.4) is 0 Å². The van der Waals surface area contributed by atoms with Gasteiger partial charge in [-0.05, 0) is 32.0 Å². The van der Waals surface area contributed by atoms with E-state index < -0.39 is 0 Å². The van der Waals surface area contributed by atoms with E-state index in [0.29, 0.717) is 0 Å². The summed E-state index contributed by atoms with van der Waals surface area (Å²) in [6.45, 7) is 3.91. The lowest BCUT2D eigenvalue weighted by Crippen LogP contribution is -2.26. The van der Waals surface area contributed by atoms with E-state index in [4.69, 9.17) is 0 Å². The first-order chi connectivity index (χ1) is 10.6. The topological polar surface area (TPSA) is 41.5 Å². The molecule has 0 aliphatic heterocycles. The zero-order valence-corrected chi connectivity index (χ0v) is 14.8. The molecule has 0 fully saturated rings. The van der Waals surface area contributed by atoms with Crippen molar-refractivity contribution in [2.75, 3.05) is 0 Å². The molecule has 0 heterocycles. The lowest BCUT2D eigenvalue weighted by Gasteiger charge is -2.09. The third kappa shape index (κ3) is 5.00. The third-order valence-electron chi connectivity index (χ3n) is 2.99. The number of hydrogen-bond donors (Lipinski definition) is 1. The van der Waals surface area contributed by atoms with E-state index in [2.05, 4.69) is 26.5 Å². The number of thioether (sulfide) groups is 1. The zero-order valence-electron chi connectivity index (χ0n) is 12.4. The smallest absolute Gasteiger partial charge is 0.253 e. The number of nitrogens with one attached hydrogen (secondary N) is 1. The maximum atomic E-state index is 12.0. The molecule has 114 valence electrons. The van der Waals surface area contributed by atoms with Crippen molar-refractivity contribution >= 4 is 39.8 Å². The van der Waals surface area contributed by atoms with Gasteiger partial charge in [0.1, 0.15) is 0 Å². The molecule has 22 heavy (non-hydrogen) atoms. The SMILES string of the molecule is Cc1ccc(S[C@@H](C)C(=O)N/N=C\c2ccccc2Br)cc1. The lowest BCUT2D eigenvalue weighted by molar-refractivity contribution is -0.120. The summed E-state index contributed by atoms with van der Waals surface area (Å²) in [6.07, 6.45) is 1.63. The molecule has 0 unspecified atom stereocenters. The molecule has 3 nitrogen and oxygen atoms in total. The third-order valence-corrected chi connectivity index (χ3v) is 4.82. The number of nitrogens with zero attached hydrogens (tertiary/aromatic N) is 1. The van der Waals surface area contributed by atoms with E-state index >= 15 is 0 Å². The van der Waals surface area contributed by atoms with E-state index in [1.807, 2.05) is 62.4 Å². The fraction of sp³-hybridized carbons (Fsp3) is 0.176. The monoisotopic (exact) mass is 376 g/mol. The summed E-state index contributed by atoms with van der Waals surface area (Å²) in [4.78, 5) is 13.1. The second-order valence-electron chi connectivity index (χ2n) is 4.83. The number of benzene rings is 2. The normalized spacial score (nSPS) is 12.3. The average Bonchev–Trinajstić information content (AvgIpc) is 2.51. The van der Waals surface area contributed by atoms with Crippen molar-refractivity contribution in [3.05, 3.63) is 64.1 Å². The highest BCUT2D eigenvalue weighted by atomic mass is 79.9. The molecule has 5 heteroatoms. The van der Waals surface area contributed by atoms with E-state index in [1.54, 1.807) is 6.21 Å². The molecule has 0 aliphatic rings. The van der Waals surface area contributed by atoms with E-state index in [1.165, 1.54) is 17.3 Å². The fourth-order valence-electron chi connectivity index (χ4n) is 1.71. The van der Waals surface area contributed by atoms with Gasteiger partial charge in [-0.25, -0.2) is 5.43 Å². The number of hydrazone groups is 1. The van der Waals surface area contributed by atoms with E-state index in [-0.39, 0.29) is 11.2 Å². The van der Waals surface area contributed by atoms with Gasteiger partial charge in [-0.1, -0.05) is 51.8 Å². The first kappa shape index (κ1) is 16.8. The highest BCUT2D eigenvalue weighted by molar-refractivity contribution is 9.10. The molecule has 0 saturated heterocycles. The van der Waals surface area contributed by atoms with Gasteiger partial charge in [-0.3, -0.25) is 4.79 Å². The molecule has 1 atom stereocenters. The van der Waals surface area contributed by atoms with Crippen molar-refractivity contribution in [1.29, 1.82) is 0 Å². The zero-order chi connectivity index (χ0) is 15.9. The predicted octanol–water partition coefficient (Wildman–Crippen LogP) is 4.39. The number of aryl methyl sites for hydroxylation is 1. The summed E-state index contributed by atoms with van der Waals surface area (Å²) >= 11 is 4.95. The maximum absolute atomic E-state index is 12.0. The second kappa shape index (κ2) is 8.15. The van der Waals surface area contributed by atoms with Crippen molar-refractivity contribution in [1.82, 2.24) is 5.43 Å². The Bertz CT molecular complexity index is 671. The Morgan fingerprint density at radius 2 is 1.91 bits per heavy atom. The van der Waals surface area contributed by atoms with Crippen LogP contribution in [0.1, 0.15) is 18.1 Å². The summed E-state index contributed by atoms with van der Waals surface area (Å²) in [5.74, 6) is -0.117. The molecule has 1 N–H and O–H groups in total. The Hall–Kier alpha value is -1.59. The van der Waals surface area contributed by atoms with Gasteiger partial charge in [-0.15, -0.1) is 11.8 Å². The van der Waals surface area contributed by atoms with E-state index in [0.717, 1.165) is 14.9 Å². The minimum Gasteiger partial charge on any atom is -0.272 e. The number of rotatable bonds is 5. The van der Waals surface area contributed by atoms with Crippen molar-refractivity contribution in [3.63, 3.8) is 0 Å². The Morgan fingerprint density at radius 1 is 1.23 bits per heavy atom. The summed E-state index contributed by atoms with van der Waals surface area (Å²) in [5.41, 5.74) is 4.70. The Kier molecular flexibility index (Phi) is 6.21. The first-order valence-corrected chi connectivity index (χ1v) is 8.54. The van der Waals surface area contributed by atoms with Gasteiger partial charge < -0.3 is 0 Å². The summed E-state index contributed by atoms with van der Waals surface area (Å²) in [6, 6.07) is 15.8.